The second-order valence-corrected chi connectivity index (χ2v) is 4.34. The number of nitrogens with two attached hydrogens (primary N) is 1. The fraction of sp³-hybridized carbons (Fsp3) is 0.286. The second kappa shape index (κ2) is 5.64. The summed E-state index contributed by atoms with van der Waals surface area (Å²) in [6, 6.07) is 7.20. The van der Waals surface area contributed by atoms with Gasteiger partial charge in [0.25, 0.3) is 5.91 Å². The minimum atomic E-state index is -0.304. The highest BCUT2D eigenvalue weighted by atomic mass is 16.5. The summed E-state index contributed by atoms with van der Waals surface area (Å²) in [7, 11) is 3.26. The molecule has 0 bridgehead atoms. The molecule has 20 heavy (non-hydrogen) atoms. The SMILES string of the molecule is CCc1nn(C)c(C(=O)Nc2ccccc2OC)c1N. The van der Waals surface area contributed by atoms with E-state index in [0.29, 0.717) is 29.2 Å². The molecule has 0 aliphatic rings. The van der Waals surface area contributed by atoms with E-state index in [0.717, 1.165) is 5.69 Å². The Morgan fingerprint density at radius 3 is 2.75 bits per heavy atom. The molecular formula is C14H18N4O2. The molecule has 1 amide bonds. The molecule has 0 radical (unpaired) electrons. The van der Waals surface area contributed by atoms with Crippen molar-refractivity contribution in [3.8, 4) is 5.75 Å². The molecule has 2 rings (SSSR count). The first-order valence-electron chi connectivity index (χ1n) is 6.34. The summed E-state index contributed by atoms with van der Waals surface area (Å²) >= 11 is 0. The molecule has 6 heteroatoms. The van der Waals surface area contributed by atoms with Crippen molar-refractivity contribution in [1.82, 2.24) is 9.78 Å². The van der Waals surface area contributed by atoms with Gasteiger partial charge in [-0.15, -0.1) is 0 Å². The monoisotopic (exact) mass is 274 g/mol. The van der Waals surface area contributed by atoms with Crippen molar-refractivity contribution in [2.45, 2.75) is 13.3 Å². The number of para-hydroxylation sites is 2. The highest BCUT2D eigenvalue weighted by molar-refractivity contribution is 6.07. The van der Waals surface area contributed by atoms with Gasteiger partial charge < -0.3 is 15.8 Å². The minimum Gasteiger partial charge on any atom is -0.495 e. The number of nitrogens with one attached hydrogen (secondary N) is 1. The quantitative estimate of drug-likeness (QED) is 0.891. The van der Waals surface area contributed by atoms with Crippen LogP contribution in [0.3, 0.4) is 0 Å². The summed E-state index contributed by atoms with van der Waals surface area (Å²) in [6.07, 6.45) is 0.682. The summed E-state index contributed by atoms with van der Waals surface area (Å²) < 4.78 is 6.70. The number of rotatable bonds is 4. The van der Waals surface area contributed by atoms with Crippen LogP contribution in [-0.4, -0.2) is 22.8 Å². The maximum absolute atomic E-state index is 12.3. The van der Waals surface area contributed by atoms with E-state index < -0.39 is 0 Å². The third-order valence-electron chi connectivity index (χ3n) is 3.07. The summed E-state index contributed by atoms with van der Waals surface area (Å²) in [4.78, 5) is 12.3. The van der Waals surface area contributed by atoms with Gasteiger partial charge in [-0.05, 0) is 18.6 Å². The lowest BCUT2D eigenvalue weighted by Crippen LogP contribution is -2.18. The Labute approximate surface area is 117 Å². The largest absolute Gasteiger partial charge is 0.495 e. The van der Waals surface area contributed by atoms with E-state index in [2.05, 4.69) is 10.4 Å². The molecule has 0 spiro atoms. The molecule has 0 fully saturated rings. The lowest BCUT2D eigenvalue weighted by atomic mass is 10.2. The van der Waals surface area contributed by atoms with Crippen molar-refractivity contribution in [2.75, 3.05) is 18.2 Å². The van der Waals surface area contributed by atoms with Gasteiger partial charge in [0, 0.05) is 7.05 Å². The number of aromatic nitrogens is 2. The highest BCUT2D eigenvalue weighted by Crippen LogP contribution is 2.25. The number of nitrogens with zero attached hydrogens (tertiary/aromatic N) is 2. The molecule has 0 unspecified atom stereocenters. The second-order valence-electron chi connectivity index (χ2n) is 4.34. The Morgan fingerprint density at radius 2 is 2.15 bits per heavy atom. The topological polar surface area (TPSA) is 82.2 Å². The van der Waals surface area contributed by atoms with Gasteiger partial charge in [0.15, 0.2) is 0 Å². The van der Waals surface area contributed by atoms with E-state index >= 15 is 0 Å². The van der Waals surface area contributed by atoms with Gasteiger partial charge in [0.05, 0.1) is 24.2 Å². The molecule has 106 valence electrons. The Bertz CT molecular complexity index is 634. The number of benzene rings is 1. The van der Waals surface area contributed by atoms with E-state index in [1.165, 1.54) is 4.68 Å². The zero-order valence-electron chi connectivity index (χ0n) is 11.8. The lowest BCUT2D eigenvalue weighted by Gasteiger charge is -2.10. The average molecular weight is 274 g/mol. The van der Waals surface area contributed by atoms with Crippen molar-refractivity contribution in [3.63, 3.8) is 0 Å². The number of ether oxygens (including phenoxy) is 1. The van der Waals surface area contributed by atoms with Crippen LogP contribution in [0.2, 0.25) is 0 Å². The normalized spacial score (nSPS) is 10.3. The van der Waals surface area contributed by atoms with Gasteiger partial charge in [-0.2, -0.15) is 5.10 Å². The fourth-order valence-corrected chi connectivity index (χ4v) is 2.06. The van der Waals surface area contributed by atoms with Crippen molar-refractivity contribution in [2.24, 2.45) is 7.05 Å². The number of carbonyl (C=O) groups excluding carboxylic acids is 1. The lowest BCUT2D eigenvalue weighted by molar-refractivity contribution is 0.101. The van der Waals surface area contributed by atoms with Crippen LogP contribution in [0.1, 0.15) is 23.1 Å². The Kier molecular flexibility index (Phi) is 3.93. The Morgan fingerprint density at radius 1 is 1.45 bits per heavy atom. The average Bonchev–Trinajstić information content (AvgIpc) is 2.73. The van der Waals surface area contributed by atoms with Crippen LogP contribution in [0.5, 0.6) is 5.75 Å². The van der Waals surface area contributed by atoms with E-state index in [4.69, 9.17) is 10.5 Å². The van der Waals surface area contributed by atoms with Gasteiger partial charge in [0.2, 0.25) is 0 Å². The molecule has 0 saturated heterocycles. The number of nitrogen functional groups attached to an aromatic ring is 1. The number of carbonyl (C=O) groups is 1. The Balaban J connectivity index is 2.31. The summed E-state index contributed by atoms with van der Waals surface area (Å²) in [5.41, 5.74) is 8.05. The van der Waals surface area contributed by atoms with Crippen LogP contribution in [0.15, 0.2) is 24.3 Å². The number of aryl methyl sites for hydroxylation is 2. The first-order valence-corrected chi connectivity index (χ1v) is 6.34. The van der Waals surface area contributed by atoms with E-state index in [1.807, 2.05) is 19.1 Å². The molecular weight excluding hydrogens is 256 g/mol. The molecule has 0 aliphatic heterocycles. The summed E-state index contributed by atoms with van der Waals surface area (Å²) in [6.45, 7) is 1.95. The third kappa shape index (κ3) is 2.45. The zero-order valence-corrected chi connectivity index (χ0v) is 11.8. The van der Waals surface area contributed by atoms with Crippen molar-refractivity contribution in [1.29, 1.82) is 0 Å². The maximum Gasteiger partial charge on any atom is 0.276 e. The van der Waals surface area contributed by atoms with Gasteiger partial charge in [-0.3, -0.25) is 9.48 Å². The predicted octanol–water partition coefficient (Wildman–Crippen LogP) is 1.83. The summed E-state index contributed by atoms with van der Waals surface area (Å²) in [5, 5.41) is 7.03. The van der Waals surface area contributed by atoms with Crippen molar-refractivity contribution >= 4 is 17.3 Å². The standard InChI is InChI=1S/C14H18N4O2/c1-4-9-12(15)13(18(2)17-9)14(19)16-10-7-5-6-8-11(10)20-3/h5-8H,4,15H2,1-3H3,(H,16,19). The number of amides is 1. The smallest absolute Gasteiger partial charge is 0.276 e. The van der Waals surface area contributed by atoms with Crippen molar-refractivity contribution < 1.29 is 9.53 Å². The molecule has 0 saturated carbocycles. The maximum atomic E-state index is 12.3. The van der Waals surface area contributed by atoms with Crippen LogP contribution in [0.25, 0.3) is 0 Å². The molecule has 1 heterocycles. The fourth-order valence-electron chi connectivity index (χ4n) is 2.06. The predicted molar refractivity (Wildman–Crippen MR) is 77.9 cm³/mol. The molecule has 6 nitrogen and oxygen atoms in total. The summed E-state index contributed by atoms with van der Waals surface area (Å²) in [5.74, 6) is 0.291. The van der Waals surface area contributed by atoms with Crippen LogP contribution >= 0.6 is 0 Å². The minimum absolute atomic E-state index is 0.304. The van der Waals surface area contributed by atoms with E-state index in [-0.39, 0.29) is 5.91 Å². The Hall–Kier alpha value is -2.50. The third-order valence-corrected chi connectivity index (χ3v) is 3.07. The van der Waals surface area contributed by atoms with Gasteiger partial charge in [-0.1, -0.05) is 19.1 Å². The molecule has 1 aromatic carbocycles. The van der Waals surface area contributed by atoms with E-state index in [9.17, 15) is 4.79 Å². The van der Waals surface area contributed by atoms with E-state index in [1.54, 1.807) is 26.3 Å². The van der Waals surface area contributed by atoms with Gasteiger partial charge >= 0.3 is 0 Å². The number of hydrogen-bond acceptors (Lipinski definition) is 4. The molecule has 0 atom stereocenters. The zero-order chi connectivity index (χ0) is 14.7. The van der Waals surface area contributed by atoms with Gasteiger partial charge in [-0.25, -0.2) is 0 Å². The van der Waals surface area contributed by atoms with Crippen LogP contribution in [0, 0.1) is 0 Å². The highest BCUT2D eigenvalue weighted by Gasteiger charge is 2.19. The first-order chi connectivity index (χ1) is 9.58. The molecule has 0 aliphatic carbocycles. The number of anilines is 2. The molecule has 1 aromatic heterocycles. The van der Waals surface area contributed by atoms with Crippen LogP contribution < -0.4 is 15.8 Å². The molecule has 2 aromatic rings. The number of hydrogen-bond donors (Lipinski definition) is 2. The van der Waals surface area contributed by atoms with Crippen LogP contribution in [-0.2, 0) is 13.5 Å². The van der Waals surface area contributed by atoms with Crippen LogP contribution in [0.4, 0.5) is 11.4 Å². The number of methoxy groups -OCH3 is 1. The molecule has 3 N–H and O–H groups in total. The van der Waals surface area contributed by atoms with Crippen molar-refractivity contribution in [3.05, 3.63) is 35.7 Å². The van der Waals surface area contributed by atoms with Gasteiger partial charge in [0.1, 0.15) is 11.4 Å². The first kappa shape index (κ1) is 13.9.